The van der Waals surface area contributed by atoms with E-state index >= 15 is 0 Å². The lowest BCUT2D eigenvalue weighted by molar-refractivity contribution is 0.298. The van der Waals surface area contributed by atoms with Crippen molar-refractivity contribution in [1.29, 1.82) is 0 Å². The first kappa shape index (κ1) is 18.2. The highest BCUT2D eigenvalue weighted by Crippen LogP contribution is 2.27. The number of benzene rings is 1. The maximum Gasteiger partial charge on any atom is 0.00103 e. The average Bonchev–Trinajstić information content (AvgIpc) is 2.44. The quantitative estimate of drug-likeness (QED) is 0.628. The van der Waals surface area contributed by atoms with Crippen LogP contribution in [0.4, 0.5) is 0 Å². The fourth-order valence-corrected chi connectivity index (χ4v) is 2.56. The molecule has 0 amide bonds. The monoisotopic (exact) mass is 289 g/mol. The van der Waals surface area contributed by atoms with Crippen LogP contribution in [-0.4, -0.2) is 12.6 Å². The molecule has 0 spiro atoms. The molecule has 0 heterocycles. The van der Waals surface area contributed by atoms with Crippen LogP contribution >= 0.6 is 0 Å². The Kier molecular flexibility index (Phi) is 7.45. The van der Waals surface area contributed by atoms with Gasteiger partial charge < -0.3 is 5.32 Å². The zero-order valence-electron chi connectivity index (χ0n) is 15.0. The summed E-state index contributed by atoms with van der Waals surface area (Å²) in [7, 11) is 0. The maximum atomic E-state index is 3.53. The first-order valence-electron chi connectivity index (χ1n) is 8.66. The molecule has 1 atom stereocenters. The molecule has 1 rings (SSSR count). The van der Waals surface area contributed by atoms with Gasteiger partial charge in [0.15, 0.2) is 0 Å². The Hall–Kier alpha value is -0.820. The SMILES string of the molecule is CCC(C)c1ccc(CCC(C)(C)CCNC(C)C)cc1. The van der Waals surface area contributed by atoms with Gasteiger partial charge in [0, 0.05) is 6.04 Å². The lowest BCUT2D eigenvalue weighted by Gasteiger charge is -2.25. The topological polar surface area (TPSA) is 12.0 Å². The van der Waals surface area contributed by atoms with Gasteiger partial charge in [0.2, 0.25) is 0 Å². The summed E-state index contributed by atoms with van der Waals surface area (Å²) in [5, 5.41) is 3.53. The van der Waals surface area contributed by atoms with Crippen LogP contribution in [0.15, 0.2) is 24.3 Å². The molecule has 0 aliphatic carbocycles. The molecular weight excluding hydrogens is 254 g/mol. The third kappa shape index (κ3) is 7.13. The predicted octanol–water partition coefficient (Wildman–Crippen LogP) is 5.55. The summed E-state index contributed by atoms with van der Waals surface area (Å²) < 4.78 is 0. The molecule has 1 aromatic rings. The molecule has 21 heavy (non-hydrogen) atoms. The van der Waals surface area contributed by atoms with Crippen LogP contribution < -0.4 is 5.32 Å². The zero-order chi connectivity index (χ0) is 15.9. The average molecular weight is 290 g/mol. The third-order valence-corrected chi connectivity index (χ3v) is 4.61. The molecule has 0 fully saturated rings. The largest absolute Gasteiger partial charge is 0.315 e. The lowest BCUT2D eigenvalue weighted by Crippen LogP contribution is -2.28. The van der Waals surface area contributed by atoms with Gasteiger partial charge in [-0.25, -0.2) is 0 Å². The van der Waals surface area contributed by atoms with Crippen molar-refractivity contribution < 1.29 is 0 Å². The molecule has 0 aliphatic heterocycles. The Bertz CT molecular complexity index is 389. The first-order chi connectivity index (χ1) is 9.84. The summed E-state index contributed by atoms with van der Waals surface area (Å²) in [5.41, 5.74) is 3.37. The molecule has 0 saturated heterocycles. The minimum atomic E-state index is 0.414. The standard InChI is InChI=1S/C20H35N/c1-7-17(4)19-10-8-18(9-11-19)12-13-20(5,6)14-15-21-16(2)3/h8-11,16-17,21H,7,12-15H2,1-6H3. The van der Waals surface area contributed by atoms with Gasteiger partial charge >= 0.3 is 0 Å². The molecule has 1 N–H and O–H groups in total. The fraction of sp³-hybridized carbons (Fsp3) is 0.700. The van der Waals surface area contributed by atoms with Crippen molar-refractivity contribution in [2.75, 3.05) is 6.54 Å². The Labute approximate surface area is 132 Å². The molecule has 0 saturated carbocycles. The molecule has 0 radical (unpaired) electrons. The Morgan fingerprint density at radius 2 is 1.62 bits per heavy atom. The predicted molar refractivity (Wildman–Crippen MR) is 95.0 cm³/mol. The van der Waals surface area contributed by atoms with Crippen LogP contribution in [0.5, 0.6) is 0 Å². The van der Waals surface area contributed by atoms with Gasteiger partial charge in [-0.05, 0) is 54.7 Å². The van der Waals surface area contributed by atoms with Crippen LogP contribution in [0, 0.1) is 5.41 Å². The summed E-state index contributed by atoms with van der Waals surface area (Å²) in [5.74, 6) is 0.678. The molecule has 1 nitrogen and oxygen atoms in total. The van der Waals surface area contributed by atoms with E-state index in [9.17, 15) is 0 Å². The molecule has 1 unspecified atom stereocenters. The maximum absolute atomic E-state index is 3.53. The first-order valence-corrected chi connectivity index (χ1v) is 8.66. The van der Waals surface area contributed by atoms with E-state index in [1.807, 2.05) is 0 Å². The van der Waals surface area contributed by atoms with E-state index < -0.39 is 0 Å². The number of aryl methyl sites for hydroxylation is 1. The summed E-state index contributed by atoms with van der Waals surface area (Å²) in [4.78, 5) is 0. The van der Waals surface area contributed by atoms with Crippen LogP contribution in [0.2, 0.25) is 0 Å². The number of rotatable bonds is 9. The van der Waals surface area contributed by atoms with Gasteiger partial charge in [-0.3, -0.25) is 0 Å². The van der Waals surface area contributed by atoms with E-state index in [1.54, 1.807) is 0 Å². The number of nitrogens with one attached hydrogen (secondary N) is 1. The van der Waals surface area contributed by atoms with Crippen LogP contribution in [0.3, 0.4) is 0 Å². The fourth-order valence-electron chi connectivity index (χ4n) is 2.56. The van der Waals surface area contributed by atoms with Crippen LogP contribution in [0.1, 0.15) is 77.8 Å². The van der Waals surface area contributed by atoms with E-state index in [0.717, 1.165) is 6.54 Å². The summed E-state index contributed by atoms with van der Waals surface area (Å²) >= 11 is 0. The Morgan fingerprint density at radius 3 is 2.14 bits per heavy atom. The highest BCUT2D eigenvalue weighted by molar-refractivity contribution is 5.25. The van der Waals surface area contributed by atoms with Crippen molar-refractivity contribution in [3.63, 3.8) is 0 Å². The van der Waals surface area contributed by atoms with Gasteiger partial charge in [-0.2, -0.15) is 0 Å². The Balaban J connectivity index is 2.43. The summed E-state index contributed by atoms with van der Waals surface area (Å²) in [6, 6.07) is 9.87. The van der Waals surface area contributed by atoms with Crippen molar-refractivity contribution in [3.8, 4) is 0 Å². The van der Waals surface area contributed by atoms with Gasteiger partial charge in [0.1, 0.15) is 0 Å². The summed E-state index contributed by atoms with van der Waals surface area (Å²) in [6.45, 7) is 14.9. The van der Waals surface area contributed by atoms with Crippen molar-refractivity contribution in [2.24, 2.45) is 5.41 Å². The molecule has 0 bridgehead atoms. The highest BCUT2D eigenvalue weighted by atomic mass is 14.9. The van der Waals surface area contributed by atoms with Crippen molar-refractivity contribution >= 4 is 0 Å². The molecule has 1 heteroatoms. The van der Waals surface area contributed by atoms with Gasteiger partial charge in [0.25, 0.3) is 0 Å². The molecule has 120 valence electrons. The Morgan fingerprint density at radius 1 is 1.00 bits per heavy atom. The minimum absolute atomic E-state index is 0.414. The second kappa shape index (κ2) is 8.58. The van der Waals surface area contributed by atoms with E-state index in [0.29, 0.717) is 17.4 Å². The number of hydrogen-bond acceptors (Lipinski definition) is 1. The highest BCUT2D eigenvalue weighted by Gasteiger charge is 2.17. The summed E-state index contributed by atoms with van der Waals surface area (Å²) in [6.07, 6.45) is 4.91. The van der Waals surface area contributed by atoms with Gasteiger partial charge in [-0.15, -0.1) is 0 Å². The van der Waals surface area contributed by atoms with E-state index in [1.165, 1.54) is 36.8 Å². The molecule has 1 aromatic carbocycles. The van der Waals surface area contributed by atoms with Crippen molar-refractivity contribution in [1.82, 2.24) is 5.32 Å². The van der Waals surface area contributed by atoms with Crippen molar-refractivity contribution in [2.45, 2.75) is 79.2 Å². The van der Waals surface area contributed by atoms with Crippen LogP contribution in [0.25, 0.3) is 0 Å². The van der Waals surface area contributed by atoms with E-state index in [-0.39, 0.29) is 0 Å². The molecule has 0 aromatic heterocycles. The molecule has 0 aliphatic rings. The normalized spacial score (nSPS) is 13.7. The number of hydrogen-bond donors (Lipinski definition) is 1. The van der Waals surface area contributed by atoms with E-state index in [2.05, 4.69) is 71.1 Å². The van der Waals surface area contributed by atoms with Crippen LogP contribution in [-0.2, 0) is 6.42 Å². The molecular formula is C20H35N. The lowest BCUT2D eigenvalue weighted by atomic mass is 9.83. The van der Waals surface area contributed by atoms with Gasteiger partial charge in [-0.1, -0.05) is 65.8 Å². The second-order valence-corrected chi connectivity index (χ2v) is 7.57. The van der Waals surface area contributed by atoms with Crippen molar-refractivity contribution in [3.05, 3.63) is 35.4 Å². The smallest absolute Gasteiger partial charge is 0.00103 e. The zero-order valence-corrected chi connectivity index (χ0v) is 15.0. The van der Waals surface area contributed by atoms with Gasteiger partial charge in [0.05, 0.1) is 0 Å². The second-order valence-electron chi connectivity index (χ2n) is 7.57. The third-order valence-electron chi connectivity index (χ3n) is 4.61. The minimum Gasteiger partial charge on any atom is -0.315 e. The van der Waals surface area contributed by atoms with E-state index in [4.69, 9.17) is 0 Å².